The quantitative estimate of drug-likeness (QED) is 0.630. The molecule has 0 radical (unpaired) electrons. The Morgan fingerprint density at radius 2 is 2.00 bits per heavy atom. The second-order valence-corrected chi connectivity index (χ2v) is 4.04. The van der Waals surface area contributed by atoms with E-state index in [9.17, 15) is 0 Å². The highest BCUT2D eigenvalue weighted by Crippen LogP contribution is 2.31. The lowest BCUT2D eigenvalue weighted by Gasteiger charge is -2.27. The predicted molar refractivity (Wildman–Crippen MR) is 46.3 cm³/mol. The molecular weight excluding hydrogens is 136 g/mol. The van der Waals surface area contributed by atoms with E-state index in [1.807, 2.05) is 0 Å². The zero-order chi connectivity index (χ0) is 7.68. The lowest BCUT2D eigenvalue weighted by molar-refractivity contribution is 0.327. The molecule has 2 heteroatoms. The molecule has 0 aromatic rings. The van der Waals surface area contributed by atoms with Gasteiger partial charge < -0.3 is 11.1 Å². The van der Waals surface area contributed by atoms with Gasteiger partial charge in [0, 0.05) is 18.6 Å². The molecule has 2 saturated carbocycles. The molecule has 1 atom stereocenters. The van der Waals surface area contributed by atoms with Crippen LogP contribution in [0.1, 0.15) is 32.1 Å². The van der Waals surface area contributed by atoms with E-state index < -0.39 is 0 Å². The summed E-state index contributed by atoms with van der Waals surface area (Å²) in [5.41, 5.74) is 5.94. The molecule has 64 valence electrons. The minimum Gasteiger partial charge on any atom is -0.326 e. The molecule has 0 spiro atoms. The van der Waals surface area contributed by atoms with Gasteiger partial charge in [0.15, 0.2) is 0 Å². The van der Waals surface area contributed by atoms with Crippen LogP contribution in [0.15, 0.2) is 0 Å². The van der Waals surface area contributed by atoms with Gasteiger partial charge in [-0.1, -0.05) is 6.42 Å². The van der Waals surface area contributed by atoms with Gasteiger partial charge in [0.1, 0.15) is 0 Å². The van der Waals surface area contributed by atoms with Crippen LogP contribution in [0, 0.1) is 5.92 Å². The van der Waals surface area contributed by atoms with Gasteiger partial charge in [-0.2, -0.15) is 0 Å². The molecule has 0 aliphatic heterocycles. The highest BCUT2D eigenvalue weighted by molar-refractivity contribution is 4.87. The van der Waals surface area contributed by atoms with Crippen molar-refractivity contribution < 1.29 is 0 Å². The summed E-state index contributed by atoms with van der Waals surface area (Å²) in [6.07, 6.45) is 6.89. The Morgan fingerprint density at radius 3 is 2.45 bits per heavy atom. The number of nitrogens with one attached hydrogen (secondary N) is 1. The number of rotatable bonds is 4. The van der Waals surface area contributed by atoms with Crippen LogP contribution in [-0.4, -0.2) is 18.6 Å². The van der Waals surface area contributed by atoms with E-state index in [2.05, 4.69) is 5.32 Å². The summed E-state index contributed by atoms with van der Waals surface area (Å²) in [5.74, 6) is 0.850. The Balaban J connectivity index is 1.57. The van der Waals surface area contributed by atoms with Crippen molar-refractivity contribution in [3.05, 3.63) is 0 Å². The first-order chi connectivity index (χ1) is 5.36. The molecule has 1 unspecified atom stereocenters. The fourth-order valence-electron chi connectivity index (χ4n) is 1.61. The largest absolute Gasteiger partial charge is 0.326 e. The van der Waals surface area contributed by atoms with Crippen LogP contribution in [0.25, 0.3) is 0 Å². The van der Waals surface area contributed by atoms with E-state index in [0.29, 0.717) is 6.04 Å². The molecule has 0 bridgehead atoms. The Labute approximate surface area is 68.5 Å². The fraction of sp³-hybridized carbons (Fsp3) is 1.00. The van der Waals surface area contributed by atoms with Gasteiger partial charge in [0.05, 0.1) is 0 Å². The van der Waals surface area contributed by atoms with E-state index >= 15 is 0 Å². The average molecular weight is 154 g/mol. The zero-order valence-corrected chi connectivity index (χ0v) is 7.05. The van der Waals surface area contributed by atoms with Crippen molar-refractivity contribution in [1.29, 1.82) is 0 Å². The first kappa shape index (κ1) is 7.56. The SMILES string of the molecule is NC(CNC1CCC1)C1CC1. The minimum absolute atomic E-state index is 0.440. The molecule has 3 N–H and O–H groups in total. The first-order valence-corrected chi connectivity index (χ1v) is 4.85. The molecular formula is C9H18N2. The third-order valence-electron chi connectivity index (χ3n) is 2.97. The summed E-state index contributed by atoms with van der Waals surface area (Å²) >= 11 is 0. The Kier molecular flexibility index (Phi) is 2.14. The van der Waals surface area contributed by atoms with Crippen LogP contribution in [0.2, 0.25) is 0 Å². The zero-order valence-electron chi connectivity index (χ0n) is 7.05. The molecule has 2 rings (SSSR count). The van der Waals surface area contributed by atoms with Crippen molar-refractivity contribution in [2.24, 2.45) is 11.7 Å². The number of hydrogen-bond donors (Lipinski definition) is 2. The van der Waals surface area contributed by atoms with Crippen LogP contribution < -0.4 is 11.1 Å². The molecule has 2 fully saturated rings. The van der Waals surface area contributed by atoms with Crippen molar-refractivity contribution in [3.8, 4) is 0 Å². The van der Waals surface area contributed by atoms with Gasteiger partial charge in [0.2, 0.25) is 0 Å². The van der Waals surface area contributed by atoms with Crippen LogP contribution in [-0.2, 0) is 0 Å². The predicted octanol–water partition coefficient (Wildman–Crippen LogP) is 0.866. The van der Waals surface area contributed by atoms with Crippen LogP contribution in [0.5, 0.6) is 0 Å². The van der Waals surface area contributed by atoms with Crippen LogP contribution >= 0.6 is 0 Å². The maximum Gasteiger partial charge on any atom is 0.0194 e. The lowest BCUT2D eigenvalue weighted by atomic mass is 9.93. The number of nitrogens with two attached hydrogens (primary N) is 1. The third kappa shape index (κ3) is 1.94. The van der Waals surface area contributed by atoms with Crippen LogP contribution in [0.3, 0.4) is 0 Å². The molecule has 0 aromatic carbocycles. The van der Waals surface area contributed by atoms with Crippen molar-refractivity contribution in [3.63, 3.8) is 0 Å². The average Bonchev–Trinajstić information content (AvgIpc) is 2.64. The fourth-order valence-corrected chi connectivity index (χ4v) is 1.61. The second-order valence-electron chi connectivity index (χ2n) is 4.04. The van der Waals surface area contributed by atoms with Gasteiger partial charge >= 0.3 is 0 Å². The van der Waals surface area contributed by atoms with Gasteiger partial charge in [0.25, 0.3) is 0 Å². The smallest absolute Gasteiger partial charge is 0.0194 e. The standard InChI is InChI=1S/C9H18N2/c10-9(7-4-5-7)6-11-8-2-1-3-8/h7-9,11H,1-6,10H2. The molecule has 2 aliphatic rings. The molecule has 0 heterocycles. The molecule has 0 amide bonds. The summed E-state index contributed by atoms with van der Waals surface area (Å²) in [5, 5.41) is 3.52. The van der Waals surface area contributed by atoms with E-state index in [1.165, 1.54) is 32.1 Å². The third-order valence-corrected chi connectivity index (χ3v) is 2.97. The molecule has 0 saturated heterocycles. The highest BCUT2D eigenvalue weighted by atomic mass is 15.0. The van der Waals surface area contributed by atoms with Gasteiger partial charge in [-0.15, -0.1) is 0 Å². The lowest BCUT2D eigenvalue weighted by Crippen LogP contribution is -2.43. The van der Waals surface area contributed by atoms with Crippen molar-refractivity contribution >= 4 is 0 Å². The van der Waals surface area contributed by atoms with E-state index in [-0.39, 0.29) is 0 Å². The summed E-state index contributed by atoms with van der Waals surface area (Å²) in [7, 11) is 0. The summed E-state index contributed by atoms with van der Waals surface area (Å²) in [6, 6.07) is 1.25. The van der Waals surface area contributed by atoms with Crippen molar-refractivity contribution in [2.75, 3.05) is 6.54 Å². The Morgan fingerprint density at radius 1 is 1.27 bits per heavy atom. The normalized spacial score (nSPS) is 28.1. The maximum atomic E-state index is 5.94. The monoisotopic (exact) mass is 154 g/mol. The second kappa shape index (κ2) is 3.11. The molecule has 2 nitrogen and oxygen atoms in total. The maximum absolute atomic E-state index is 5.94. The first-order valence-electron chi connectivity index (χ1n) is 4.85. The van der Waals surface area contributed by atoms with Gasteiger partial charge in [-0.3, -0.25) is 0 Å². The highest BCUT2D eigenvalue weighted by Gasteiger charge is 2.29. The topological polar surface area (TPSA) is 38.0 Å². The summed E-state index contributed by atoms with van der Waals surface area (Å²) < 4.78 is 0. The summed E-state index contributed by atoms with van der Waals surface area (Å²) in [6.45, 7) is 1.05. The molecule has 11 heavy (non-hydrogen) atoms. The van der Waals surface area contributed by atoms with E-state index in [0.717, 1.165) is 18.5 Å². The van der Waals surface area contributed by atoms with E-state index in [4.69, 9.17) is 5.73 Å². The van der Waals surface area contributed by atoms with E-state index in [1.54, 1.807) is 0 Å². The minimum atomic E-state index is 0.440. The van der Waals surface area contributed by atoms with Crippen LogP contribution in [0.4, 0.5) is 0 Å². The number of hydrogen-bond acceptors (Lipinski definition) is 2. The molecule has 0 aromatic heterocycles. The Bertz CT molecular complexity index is 128. The molecule has 2 aliphatic carbocycles. The van der Waals surface area contributed by atoms with Gasteiger partial charge in [-0.05, 0) is 31.6 Å². The van der Waals surface area contributed by atoms with Crippen molar-refractivity contribution in [2.45, 2.75) is 44.2 Å². The van der Waals surface area contributed by atoms with Gasteiger partial charge in [-0.25, -0.2) is 0 Å². The van der Waals surface area contributed by atoms with Crippen molar-refractivity contribution in [1.82, 2.24) is 5.32 Å². The Hall–Kier alpha value is -0.0800. The summed E-state index contributed by atoms with van der Waals surface area (Å²) in [4.78, 5) is 0.